The van der Waals surface area contributed by atoms with Gasteiger partial charge < -0.3 is 10.0 Å². The molecular weight excluding hydrogens is 262 g/mol. The van der Waals surface area contributed by atoms with Gasteiger partial charge in [-0.15, -0.1) is 0 Å². The summed E-state index contributed by atoms with van der Waals surface area (Å²) in [6.45, 7) is 4.51. The highest BCUT2D eigenvalue weighted by atomic mass is 16.3. The van der Waals surface area contributed by atoms with Gasteiger partial charge in [0.15, 0.2) is 0 Å². The zero-order valence-corrected chi connectivity index (χ0v) is 12.3. The molecule has 0 saturated carbocycles. The largest absolute Gasteiger partial charge is 0.388 e. The lowest BCUT2D eigenvalue weighted by Gasteiger charge is -2.33. The lowest BCUT2D eigenvalue weighted by atomic mass is 9.95. The Morgan fingerprint density at radius 3 is 2.71 bits per heavy atom. The number of rotatable bonds is 1. The van der Waals surface area contributed by atoms with E-state index in [1.54, 1.807) is 4.90 Å². The Labute approximate surface area is 124 Å². The van der Waals surface area contributed by atoms with E-state index < -0.39 is 6.10 Å². The van der Waals surface area contributed by atoms with Crippen molar-refractivity contribution in [3.05, 3.63) is 64.7 Å². The van der Waals surface area contributed by atoms with E-state index in [0.717, 1.165) is 22.4 Å². The second kappa shape index (κ2) is 5.34. The Morgan fingerprint density at radius 1 is 1.19 bits per heavy atom. The van der Waals surface area contributed by atoms with Crippen LogP contribution < -0.4 is 4.90 Å². The molecule has 0 aliphatic carbocycles. The molecule has 1 aliphatic rings. The number of benzene rings is 2. The van der Waals surface area contributed by atoms with E-state index in [1.807, 2.05) is 56.3 Å². The number of nitrogens with zero attached hydrogens (tertiary/aromatic N) is 1. The van der Waals surface area contributed by atoms with Crippen LogP contribution in [0, 0.1) is 13.8 Å². The lowest BCUT2D eigenvalue weighted by molar-refractivity contribution is 0.0970. The molecular formula is C18H19NO2. The van der Waals surface area contributed by atoms with Crippen LogP contribution in [0.3, 0.4) is 0 Å². The van der Waals surface area contributed by atoms with Crippen molar-refractivity contribution in [2.75, 3.05) is 11.4 Å². The van der Waals surface area contributed by atoms with Gasteiger partial charge in [-0.05, 0) is 38.0 Å². The summed E-state index contributed by atoms with van der Waals surface area (Å²) in [7, 11) is 0. The van der Waals surface area contributed by atoms with Gasteiger partial charge in [0.25, 0.3) is 5.91 Å². The Balaban J connectivity index is 2.05. The molecule has 108 valence electrons. The highest BCUT2D eigenvalue weighted by Gasteiger charge is 2.29. The fourth-order valence-electron chi connectivity index (χ4n) is 2.97. The molecule has 1 N–H and O–H groups in total. The maximum Gasteiger partial charge on any atom is 0.258 e. The number of hydrogen-bond donors (Lipinski definition) is 1. The molecule has 3 rings (SSSR count). The average Bonchev–Trinajstić information content (AvgIpc) is 2.48. The number of amides is 1. The predicted molar refractivity (Wildman–Crippen MR) is 83.6 cm³/mol. The third kappa shape index (κ3) is 2.45. The van der Waals surface area contributed by atoms with E-state index in [-0.39, 0.29) is 5.91 Å². The van der Waals surface area contributed by atoms with E-state index in [2.05, 4.69) is 0 Å². The summed E-state index contributed by atoms with van der Waals surface area (Å²) in [5, 5.41) is 10.2. The van der Waals surface area contributed by atoms with Gasteiger partial charge in [0.05, 0.1) is 11.8 Å². The normalized spacial score (nSPS) is 17.5. The topological polar surface area (TPSA) is 40.5 Å². The van der Waals surface area contributed by atoms with Gasteiger partial charge in [-0.25, -0.2) is 0 Å². The van der Waals surface area contributed by atoms with Crippen LogP contribution in [0.4, 0.5) is 5.69 Å². The minimum Gasteiger partial charge on any atom is -0.388 e. The fourth-order valence-corrected chi connectivity index (χ4v) is 2.97. The molecule has 2 aromatic rings. The zero-order chi connectivity index (χ0) is 15.0. The molecule has 3 nitrogen and oxygen atoms in total. The van der Waals surface area contributed by atoms with Crippen LogP contribution in [-0.4, -0.2) is 17.6 Å². The van der Waals surface area contributed by atoms with Gasteiger partial charge in [-0.2, -0.15) is 0 Å². The van der Waals surface area contributed by atoms with Gasteiger partial charge in [0, 0.05) is 17.7 Å². The number of aliphatic hydroxyl groups excluding tert-OH is 1. The highest BCUT2D eigenvalue weighted by molar-refractivity contribution is 6.07. The van der Waals surface area contributed by atoms with Crippen molar-refractivity contribution >= 4 is 11.6 Å². The molecule has 1 amide bonds. The number of fused-ring (bicyclic) bond motifs is 1. The first-order valence-electron chi connectivity index (χ1n) is 7.24. The van der Waals surface area contributed by atoms with Gasteiger partial charge in [0.1, 0.15) is 0 Å². The van der Waals surface area contributed by atoms with E-state index in [0.29, 0.717) is 18.5 Å². The molecule has 1 unspecified atom stereocenters. The summed E-state index contributed by atoms with van der Waals surface area (Å²) < 4.78 is 0. The minimum atomic E-state index is -0.485. The van der Waals surface area contributed by atoms with E-state index in [9.17, 15) is 9.90 Å². The standard InChI is InChI=1S/C18H19NO2/c1-12-5-3-7-14(11-12)18(21)19-10-9-16(20)15-8-4-6-13(2)17(15)19/h3-8,11,16,20H,9-10H2,1-2H3. The summed E-state index contributed by atoms with van der Waals surface area (Å²) in [6, 6.07) is 13.5. The zero-order valence-electron chi connectivity index (χ0n) is 12.3. The molecule has 0 saturated heterocycles. The van der Waals surface area contributed by atoms with E-state index in [1.165, 1.54) is 0 Å². The summed E-state index contributed by atoms with van der Waals surface area (Å²) in [5.74, 6) is 0.00106. The lowest BCUT2D eigenvalue weighted by Crippen LogP contribution is -2.37. The number of hydrogen-bond acceptors (Lipinski definition) is 2. The third-order valence-corrected chi connectivity index (χ3v) is 4.03. The van der Waals surface area contributed by atoms with Crippen LogP contribution in [0.1, 0.15) is 39.6 Å². The van der Waals surface area contributed by atoms with Gasteiger partial charge in [-0.1, -0.05) is 35.9 Å². The minimum absolute atomic E-state index is 0.00106. The number of para-hydroxylation sites is 1. The Hall–Kier alpha value is -2.13. The molecule has 3 heteroatoms. The molecule has 0 bridgehead atoms. The Kier molecular flexibility index (Phi) is 3.52. The monoisotopic (exact) mass is 281 g/mol. The molecule has 1 atom stereocenters. The number of aryl methyl sites for hydroxylation is 2. The maximum absolute atomic E-state index is 12.8. The molecule has 0 radical (unpaired) electrons. The van der Waals surface area contributed by atoms with Crippen molar-refractivity contribution in [3.8, 4) is 0 Å². The van der Waals surface area contributed by atoms with Crippen molar-refractivity contribution in [2.24, 2.45) is 0 Å². The van der Waals surface area contributed by atoms with Crippen molar-refractivity contribution in [2.45, 2.75) is 26.4 Å². The summed E-state index contributed by atoms with van der Waals surface area (Å²) >= 11 is 0. The third-order valence-electron chi connectivity index (χ3n) is 4.03. The predicted octanol–water partition coefficient (Wildman–Crippen LogP) is 3.39. The first kappa shape index (κ1) is 13.8. The SMILES string of the molecule is Cc1cccc(C(=O)N2CCC(O)c3cccc(C)c32)c1. The van der Waals surface area contributed by atoms with Crippen molar-refractivity contribution < 1.29 is 9.90 Å². The van der Waals surface area contributed by atoms with Crippen LogP contribution in [0.25, 0.3) is 0 Å². The molecule has 0 fully saturated rings. The van der Waals surface area contributed by atoms with Gasteiger partial charge in [0.2, 0.25) is 0 Å². The molecule has 0 aromatic heterocycles. The van der Waals surface area contributed by atoms with E-state index >= 15 is 0 Å². The first-order valence-corrected chi connectivity index (χ1v) is 7.24. The number of aliphatic hydroxyl groups is 1. The van der Waals surface area contributed by atoms with Crippen LogP contribution >= 0.6 is 0 Å². The quantitative estimate of drug-likeness (QED) is 0.870. The van der Waals surface area contributed by atoms with Crippen LogP contribution in [0.15, 0.2) is 42.5 Å². The number of carbonyl (C=O) groups is 1. The summed E-state index contributed by atoms with van der Waals surface area (Å²) in [6.07, 6.45) is 0.0926. The summed E-state index contributed by atoms with van der Waals surface area (Å²) in [4.78, 5) is 14.6. The van der Waals surface area contributed by atoms with Crippen molar-refractivity contribution in [3.63, 3.8) is 0 Å². The van der Waals surface area contributed by atoms with Crippen molar-refractivity contribution in [1.29, 1.82) is 0 Å². The van der Waals surface area contributed by atoms with Crippen LogP contribution in [0.5, 0.6) is 0 Å². The molecule has 1 aliphatic heterocycles. The average molecular weight is 281 g/mol. The van der Waals surface area contributed by atoms with Gasteiger partial charge in [-0.3, -0.25) is 4.79 Å². The summed E-state index contributed by atoms with van der Waals surface area (Å²) in [5.41, 5.74) is 4.50. The Morgan fingerprint density at radius 2 is 1.95 bits per heavy atom. The second-order valence-electron chi connectivity index (χ2n) is 5.64. The van der Waals surface area contributed by atoms with Crippen molar-refractivity contribution in [1.82, 2.24) is 0 Å². The maximum atomic E-state index is 12.8. The Bertz CT molecular complexity index is 693. The molecule has 21 heavy (non-hydrogen) atoms. The highest BCUT2D eigenvalue weighted by Crippen LogP contribution is 2.36. The van der Waals surface area contributed by atoms with Gasteiger partial charge >= 0.3 is 0 Å². The number of anilines is 1. The first-order chi connectivity index (χ1) is 10.1. The van der Waals surface area contributed by atoms with E-state index in [4.69, 9.17) is 0 Å². The second-order valence-corrected chi connectivity index (χ2v) is 5.64. The fraction of sp³-hybridized carbons (Fsp3) is 0.278. The molecule has 1 heterocycles. The van der Waals surface area contributed by atoms with Crippen LogP contribution in [-0.2, 0) is 0 Å². The molecule has 0 spiro atoms. The molecule has 2 aromatic carbocycles. The smallest absolute Gasteiger partial charge is 0.258 e. The number of carbonyl (C=O) groups excluding carboxylic acids is 1. The van der Waals surface area contributed by atoms with Crippen LogP contribution in [0.2, 0.25) is 0 Å².